The number of aryl methyl sites for hydroxylation is 1. The van der Waals surface area contributed by atoms with Gasteiger partial charge in [0.1, 0.15) is 6.04 Å². The molecule has 1 unspecified atom stereocenters. The zero-order valence-electron chi connectivity index (χ0n) is 15.2. The van der Waals surface area contributed by atoms with Gasteiger partial charge in [0.15, 0.2) is 0 Å². The number of ether oxygens (including phenoxy) is 1. The molecular formula is C21H23N3O2. The Balaban J connectivity index is 1.83. The van der Waals surface area contributed by atoms with Gasteiger partial charge in [-0.05, 0) is 37.1 Å². The van der Waals surface area contributed by atoms with Crippen molar-refractivity contribution in [3.8, 4) is 0 Å². The van der Waals surface area contributed by atoms with Crippen molar-refractivity contribution in [2.75, 3.05) is 20.3 Å². The second-order valence-corrected chi connectivity index (χ2v) is 6.75. The number of pyridine rings is 1. The number of hydrogen-bond donors (Lipinski definition) is 1. The van der Waals surface area contributed by atoms with Crippen molar-refractivity contribution in [1.29, 1.82) is 0 Å². The summed E-state index contributed by atoms with van der Waals surface area (Å²) in [4.78, 5) is 23.1. The Morgan fingerprint density at radius 1 is 1.27 bits per heavy atom. The number of nitrogens with one attached hydrogen (secondary N) is 1. The molecule has 26 heavy (non-hydrogen) atoms. The largest absolute Gasteiger partial charge is 0.384 e. The van der Waals surface area contributed by atoms with Crippen LogP contribution in [0, 0.1) is 6.92 Å². The number of nitrogens with zero attached hydrogens (tertiary/aromatic N) is 2. The number of aromatic amines is 1. The summed E-state index contributed by atoms with van der Waals surface area (Å²) in [5.41, 5.74) is 5.35. The molecule has 1 aliphatic rings. The summed E-state index contributed by atoms with van der Waals surface area (Å²) in [6.45, 7) is 3.11. The van der Waals surface area contributed by atoms with E-state index in [-0.39, 0.29) is 11.9 Å². The van der Waals surface area contributed by atoms with Crippen LogP contribution in [0.2, 0.25) is 0 Å². The van der Waals surface area contributed by atoms with Crippen LogP contribution in [0.4, 0.5) is 0 Å². The maximum atomic E-state index is 12.9. The molecule has 1 aromatic carbocycles. The SMILES string of the molecule is COCCC(=O)N1CCc2c([nH]c3ccccc23)C1c1cccc(C)n1. The van der Waals surface area contributed by atoms with E-state index in [9.17, 15) is 4.79 Å². The first kappa shape index (κ1) is 16.8. The monoisotopic (exact) mass is 349 g/mol. The predicted molar refractivity (Wildman–Crippen MR) is 101 cm³/mol. The molecule has 0 bridgehead atoms. The number of rotatable bonds is 4. The Morgan fingerprint density at radius 3 is 2.92 bits per heavy atom. The van der Waals surface area contributed by atoms with Crippen molar-refractivity contribution < 1.29 is 9.53 Å². The number of H-pyrrole nitrogens is 1. The van der Waals surface area contributed by atoms with Gasteiger partial charge < -0.3 is 14.6 Å². The van der Waals surface area contributed by atoms with E-state index in [4.69, 9.17) is 9.72 Å². The van der Waals surface area contributed by atoms with Gasteiger partial charge in [-0.1, -0.05) is 24.3 Å². The lowest BCUT2D eigenvalue weighted by Gasteiger charge is -2.35. The number of hydrogen-bond acceptors (Lipinski definition) is 3. The van der Waals surface area contributed by atoms with Gasteiger partial charge in [-0.15, -0.1) is 0 Å². The number of methoxy groups -OCH3 is 1. The molecule has 3 heterocycles. The van der Waals surface area contributed by atoms with Crippen molar-refractivity contribution >= 4 is 16.8 Å². The highest BCUT2D eigenvalue weighted by Crippen LogP contribution is 2.38. The summed E-state index contributed by atoms with van der Waals surface area (Å²) < 4.78 is 5.11. The third kappa shape index (κ3) is 2.88. The van der Waals surface area contributed by atoms with E-state index in [1.165, 1.54) is 10.9 Å². The number of para-hydroxylation sites is 1. The van der Waals surface area contributed by atoms with Gasteiger partial charge in [0.2, 0.25) is 5.91 Å². The molecule has 1 amide bonds. The first-order valence-electron chi connectivity index (χ1n) is 9.00. The van der Waals surface area contributed by atoms with E-state index in [1.807, 2.05) is 36.1 Å². The van der Waals surface area contributed by atoms with Crippen LogP contribution in [0.15, 0.2) is 42.5 Å². The van der Waals surface area contributed by atoms with Gasteiger partial charge in [0, 0.05) is 35.9 Å². The van der Waals surface area contributed by atoms with E-state index in [1.54, 1.807) is 7.11 Å². The number of aromatic nitrogens is 2. The summed E-state index contributed by atoms with van der Waals surface area (Å²) in [6.07, 6.45) is 1.23. The van der Waals surface area contributed by atoms with Gasteiger partial charge in [0.25, 0.3) is 0 Å². The predicted octanol–water partition coefficient (Wildman–Crippen LogP) is 3.38. The van der Waals surface area contributed by atoms with Crippen molar-refractivity contribution in [2.24, 2.45) is 0 Å². The van der Waals surface area contributed by atoms with Gasteiger partial charge in [-0.3, -0.25) is 9.78 Å². The van der Waals surface area contributed by atoms with Gasteiger partial charge in [-0.25, -0.2) is 0 Å². The normalized spacial score (nSPS) is 16.7. The minimum absolute atomic E-state index is 0.101. The van der Waals surface area contributed by atoms with Crippen molar-refractivity contribution in [3.05, 3.63) is 65.1 Å². The van der Waals surface area contributed by atoms with E-state index < -0.39 is 0 Å². The molecule has 0 saturated carbocycles. The fraction of sp³-hybridized carbons (Fsp3) is 0.333. The van der Waals surface area contributed by atoms with E-state index >= 15 is 0 Å². The Morgan fingerprint density at radius 2 is 2.12 bits per heavy atom. The molecule has 0 aliphatic carbocycles. The smallest absolute Gasteiger partial charge is 0.225 e. The van der Waals surface area contributed by atoms with Crippen LogP contribution in [-0.4, -0.2) is 41.0 Å². The highest BCUT2D eigenvalue weighted by Gasteiger charge is 2.35. The Hall–Kier alpha value is -2.66. The molecule has 3 aromatic rings. The first-order valence-corrected chi connectivity index (χ1v) is 9.00. The van der Waals surface area contributed by atoms with Crippen molar-refractivity contribution in [2.45, 2.75) is 25.8 Å². The van der Waals surface area contributed by atoms with E-state index in [0.717, 1.165) is 29.0 Å². The number of fused-ring (bicyclic) bond motifs is 3. The average Bonchev–Trinajstić information content (AvgIpc) is 3.04. The third-order valence-electron chi connectivity index (χ3n) is 5.06. The molecule has 1 aliphatic heterocycles. The van der Waals surface area contributed by atoms with Crippen molar-refractivity contribution in [3.63, 3.8) is 0 Å². The molecule has 134 valence electrons. The zero-order chi connectivity index (χ0) is 18.1. The van der Waals surface area contributed by atoms with E-state index in [2.05, 4.69) is 23.2 Å². The maximum Gasteiger partial charge on any atom is 0.225 e. The number of benzene rings is 1. The summed E-state index contributed by atoms with van der Waals surface area (Å²) in [7, 11) is 1.62. The standard InChI is InChI=1S/C21H23N3O2/c1-14-6-5-9-18(22-14)21-20-16(15-7-3-4-8-17(15)23-20)10-12-24(21)19(25)11-13-26-2/h3-9,21,23H,10-13H2,1-2H3. The van der Waals surface area contributed by atoms with Crippen LogP contribution in [0.25, 0.3) is 10.9 Å². The van der Waals surface area contributed by atoms with Gasteiger partial charge >= 0.3 is 0 Å². The Kier molecular flexibility index (Phi) is 4.47. The number of amides is 1. The maximum absolute atomic E-state index is 12.9. The second-order valence-electron chi connectivity index (χ2n) is 6.75. The summed E-state index contributed by atoms with van der Waals surface area (Å²) >= 11 is 0. The Labute approximate surface area is 153 Å². The van der Waals surface area contributed by atoms with E-state index in [0.29, 0.717) is 19.6 Å². The van der Waals surface area contributed by atoms with Crippen LogP contribution in [0.1, 0.15) is 35.1 Å². The molecule has 1 atom stereocenters. The van der Waals surface area contributed by atoms with Gasteiger partial charge in [-0.2, -0.15) is 0 Å². The van der Waals surface area contributed by atoms with Crippen molar-refractivity contribution in [1.82, 2.24) is 14.9 Å². The molecule has 2 aromatic heterocycles. The van der Waals surface area contributed by atoms with Crippen LogP contribution in [-0.2, 0) is 16.0 Å². The van der Waals surface area contributed by atoms with Crippen LogP contribution in [0.5, 0.6) is 0 Å². The molecular weight excluding hydrogens is 326 g/mol. The quantitative estimate of drug-likeness (QED) is 0.785. The average molecular weight is 349 g/mol. The highest BCUT2D eigenvalue weighted by atomic mass is 16.5. The van der Waals surface area contributed by atoms with Crippen LogP contribution >= 0.6 is 0 Å². The summed E-state index contributed by atoms with van der Waals surface area (Å²) in [5.74, 6) is 0.101. The van der Waals surface area contributed by atoms with Gasteiger partial charge in [0.05, 0.1) is 18.7 Å². The highest BCUT2D eigenvalue weighted by molar-refractivity contribution is 5.86. The molecule has 0 radical (unpaired) electrons. The minimum atomic E-state index is -0.185. The fourth-order valence-corrected chi connectivity index (χ4v) is 3.87. The fourth-order valence-electron chi connectivity index (χ4n) is 3.87. The van der Waals surface area contributed by atoms with Crippen LogP contribution in [0.3, 0.4) is 0 Å². The molecule has 5 nitrogen and oxygen atoms in total. The molecule has 5 heteroatoms. The molecule has 4 rings (SSSR count). The lowest BCUT2D eigenvalue weighted by molar-refractivity contribution is -0.134. The minimum Gasteiger partial charge on any atom is -0.384 e. The Bertz CT molecular complexity index is 947. The third-order valence-corrected chi connectivity index (χ3v) is 5.06. The number of carbonyl (C=O) groups is 1. The summed E-state index contributed by atoms with van der Waals surface area (Å²) in [6, 6.07) is 14.1. The molecule has 0 spiro atoms. The molecule has 0 saturated heterocycles. The van der Waals surface area contributed by atoms with Crippen LogP contribution < -0.4 is 0 Å². The second kappa shape index (κ2) is 6.92. The lowest BCUT2D eigenvalue weighted by Crippen LogP contribution is -2.41. The lowest BCUT2D eigenvalue weighted by atomic mass is 9.94. The topological polar surface area (TPSA) is 58.2 Å². The zero-order valence-corrected chi connectivity index (χ0v) is 15.2. The number of carbonyl (C=O) groups excluding carboxylic acids is 1. The first-order chi connectivity index (χ1) is 12.7. The molecule has 1 N–H and O–H groups in total. The summed E-state index contributed by atoms with van der Waals surface area (Å²) in [5, 5.41) is 1.24. The molecule has 0 fully saturated rings.